The monoisotopic (exact) mass is 321 g/mol. The third kappa shape index (κ3) is 3.23. The number of halogens is 1. The maximum absolute atomic E-state index is 12.2. The number of aromatic nitrogens is 2. The van der Waals surface area contributed by atoms with E-state index >= 15 is 0 Å². The van der Waals surface area contributed by atoms with E-state index in [0.717, 1.165) is 22.3 Å². The molecule has 1 heterocycles. The second-order valence-electron chi connectivity index (χ2n) is 4.15. The standard InChI is InChI=1S/C14H16BrN3O/c1-3-11-9-13(18(4-2)17-11)14(19)16-12-7-5-6-10(15)8-12/h5-9H,3-4H2,1-2H3,(H,16,19). The number of carbonyl (C=O) groups is 1. The second-order valence-corrected chi connectivity index (χ2v) is 5.07. The van der Waals surface area contributed by atoms with Crippen LogP contribution in [0.15, 0.2) is 34.8 Å². The minimum Gasteiger partial charge on any atom is -0.321 e. The molecule has 4 nitrogen and oxygen atoms in total. The van der Waals surface area contributed by atoms with Crippen LogP contribution in [0.2, 0.25) is 0 Å². The lowest BCUT2D eigenvalue weighted by molar-refractivity contribution is 0.101. The molecule has 2 aromatic rings. The average Bonchev–Trinajstić information content (AvgIpc) is 2.82. The van der Waals surface area contributed by atoms with E-state index in [1.807, 2.05) is 44.2 Å². The van der Waals surface area contributed by atoms with Crippen molar-refractivity contribution in [3.8, 4) is 0 Å². The van der Waals surface area contributed by atoms with Gasteiger partial charge in [-0.25, -0.2) is 0 Å². The molecule has 0 spiro atoms. The van der Waals surface area contributed by atoms with Crippen LogP contribution in [-0.4, -0.2) is 15.7 Å². The molecule has 0 bridgehead atoms. The molecule has 1 amide bonds. The van der Waals surface area contributed by atoms with Crippen LogP contribution in [0.1, 0.15) is 30.0 Å². The molecule has 1 aromatic heterocycles. The van der Waals surface area contributed by atoms with Crippen molar-refractivity contribution in [2.75, 3.05) is 5.32 Å². The van der Waals surface area contributed by atoms with Crippen molar-refractivity contribution >= 4 is 27.5 Å². The van der Waals surface area contributed by atoms with E-state index in [0.29, 0.717) is 12.2 Å². The molecule has 0 aliphatic heterocycles. The van der Waals surface area contributed by atoms with Gasteiger partial charge in [0.15, 0.2) is 0 Å². The maximum atomic E-state index is 12.2. The lowest BCUT2D eigenvalue weighted by Gasteiger charge is -2.06. The molecule has 0 saturated carbocycles. The lowest BCUT2D eigenvalue weighted by atomic mass is 10.2. The van der Waals surface area contributed by atoms with Gasteiger partial charge in [0.1, 0.15) is 5.69 Å². The minimum atomic E-state index is -0.132. The quantitative estimate of drug-likeness (QED) is 0.937. The number of carbonyl (C=O) groups excluding carboxylic acids is 1. The van der Waals surface area contributed by atoms with E-state index < -0.39 is 0 Å². The Morgan fingerprint density at radius 3 is 2.79 bits per heavy atom. The van der Waals surface area contributed by atoms with Crippen molar-refractivity contribution in [3.63, 3.8) is 0 Å². The highest BCUT2D eigenvalue weighted by atomic mass is 79.9. The number of aryl methyl sites for hydroxylation is 2. The Morgan fingerprint density at radius 1 is 1.37 bits per heavy atom. The van der Waals surface area contributed by atoms with Gasteiger partial charge in [-0.2, -0.15) is 5.10 Å². The molecular weight excluding hydrogens is 306 g/mol. The number of hydrogen-bond acceptors (Lipinski definition) is 2. The Bertz CT molecular complexity index is 592. The molecule has 0 aliphatic carbocycles. The zero-order valence-electron chi connectivity index (χ0n) is 11.0. The fourth-order valence-electron chi connectivity index (χ4n) is 1.83. The molecule has 0 saturated heterocycles. The van der Waals surface area contributed by atoms with Crippen LogP contribution in [0, 0.1) is 0 Å². The first kappa shape index (κ1) is 13.8. The first-order valence-corrected chi connectivity index (χ1v) is 7.07. The van der Waals surface area contributed by atoms with Crippen molar-refractivity contribution in [2.24, 2.45) is 0 Å². The van der Waals surface area contributed by atoms with E-state index in [9.17, 15) is 4.79 Å². The summed E-state index contributed by atoms with van der Waals surface area (Å²) in [5.41, 5.74) is 2.29. The highest BCUT2D eigenvalue weighted by Gasteiger charge is 2.14. The van der Waals surface area contributed by atoms with Crippen molar-refractivity contribution < 1.29 is 4.79 Å². The number of hydrogen-bond donors (Lipinski definition) is 1. The summed E-state index contributed by atoms with van der Waals surface area (Å²) in [6.07, 6.45) is 0.824. The molecule has 0 aliphatic rings. The fourth-order valence-corrected chi connectivity index (χ4v) is 2.23. The van der Waals surface area contributed by atoms with Gasteiger partial charge in [0, 0.05) is 16.7 Å². The van der Waals surface area contributed by atoms with Crippen molar-refractivity contribution in [1.29, 1.82) is 0 Å². The van der Waals surface area contributed by atoms with Crippen LogP contribution in [0.4, 0.5) is 5.69 Å². The van der Waals surface area contributed by atoms with E-state index in [-0.39, 0.29) is 5.91 Å². The minimum absolute atomic E-state index is 0.132. The molecule has 0 fully saturated rings. The predicted molar refractivity (Wildman–Crippen MR) is 79.4 cm³/mol. The number of nitrogens with one attached hydrogen (secondary N) is 1. The third-order valence-corrected chi connectivity index (χ3v) is 3.30. The summed E-state index contributed by atoms with van der Waals surface area (Å²) in [5.74, 6) is -0.132. The Balaban J connectivity index is 2.22. The average molecular weight is 322 g/mol. The Hall–Kier alpha value is -1.62. The van der Waals surface area contributed by atoms with Gasteiger partial charge in [-0.1, -0.05) is 28.9 Å². The summed E-state index contributed by atoms with van der Waals surface area (Å²) in [6, 6.07) is 9.37. The summed E-state index contributed by atoms with van der Waals surface area (Å²) in [7, 11) is 0. The van der Waals surface area contributed by atoms with Crippen LogP contribution in [0.5, 0.6) is 0 Å². The third-order valence-electron chi connectivity index (χ3n) is 2.81. The molecule has 2 rings (SSSR count). The molecule has 0 atom stereocenters. The summed E-state index contributed by atoms with van der Waals surface area (Å²) in [5, 5.41) is 7.26. The van der Waals surface area contributed by atoms with Gasteiger partial charge in [-0.3, -0.25) is 9.48 Å². The van der Waals surface area contributed by atoms with Crippen LogP contribution in [-0.2, 0) is 13.0 Å². The summed E-state index contributed by atoms with van der Waals surface area (Å²) >= 11 is 3.38. The number of anilines is 1. The van der Waals surface area contributed by atoms with Gasteiger partial charge < -0.3 is 5.32 Å². The lowest BCUT2D eigenvalue weighted by Crippen LogP contribution is -2.17. The number of amides is 1. The first-order chi connectivity index (χ1) is 9.13. The normalized spacial score (nSPS) is 10.5. The zero-order valence-corrected chi connectivity index (χ0v) is 12.6. The Kier molecular flexibility index (Phi) is 4.37. The number of rotatable bonds is 4. The molecule has 100 valence electrons. The van der Waals surface area contributed by atoms with Crippen LogP contribution in [0.3, 0.4) is 0 Å². The van der Waals surface area contributed by atoms with Crippen LogP contribution >= 0.6 is 15.9 Å². The van der Waals surface area contributed by atoms with Crippen LogP contribution < -0.4 is 5.32 Å². The van der Waals surface area contributed by atoms with Crippen molar-refractivity contribution in [3.05, 3.63) is 46.2 Å². The van der Waals surface area contributed by atoms with Gasteiger partial charge >= 0.3 is 0 Å². The second kappa shape index (κ2) is 6.02. The van der Waals surface area contributed by atoms with Gasteiger partial charge in [-0.05, 0) is 37.6 Å². The molecule has 0 radical (unpaired) electrons. The number of nitrogens with zero attached hydrogens (tertiary/aromatic N) is 2. The molecule has 5 heteroatoms. The molecule has 0 unspecified atom stereocenters. The predicted octanol–water partition coefficient (Wildman–Crippen LogP) is 3.48. The van der Waals surface area contributed by atoms with E-state index in [1.54, 1.807) is 4.68 Å². The topological polar surface area (TPSA) is 46.9 Å². The van der Waals surface area contributed by atoms with Crippen molar-refractivity contribution in [1.82, 2.24) is 9.78 Å². The summed E-state index contributed by atoms with van der Waals surface area (Å²) in [6.45, 7) is 4.68. The molecule has 1 N–H and O–H groups in total. The first-order valence-electron chi connectivity index (χ1n) is 6.27. The van der Waals surface area contributed by atoms with E-state index in [2.05, 4.69) is 26.3 Å². The Morgan fingerprint density at radius 2 is 2.16 bits per heavy atom. The van der Waals surface area contributed by atoms with E-state index in [4.69, 9.17) is 0 Å². The van der Waals surface area contributed by atoms with Crippen LogP contribution in [0.25, 0.3) is 0 Å². The van der Waals surface area contributed by atoms with E-state index in [1.165, 1.54) is 0 Å². The summed E-state index contributed by atoms with van der Waals surface area (Å²) < 4.78 is 2.66. The highest BCUT2D eigenvalue weighted by molar-refractivity contribution is 9.10. The fraction of sp³-hybridized carbons (Fsp3) is 0.286. The molecule has 19 heavy (non-hydrogen) atoms. The number of benzene rings is 1. The van der Waals surface area contributed by atoms with Gasteiger partial charge in [0.2, 0.25) is 0 Å². The summed E-state index contributed by atoms with van der Waals surface area (Å²) in [4.78, 5) is 12.2. The highest BCUT2D eigenvalue weighted by Crippen LogP contribution is 2.17. The van der Waals surface area contributed by atoms with Gasteiger partial charge in [0.05, 0.1) is 5.69 Å². The maximum Gasteiger partial charge on any atom is 0.273 e. The van der Waals surface area contributed by atoms with Gasteiger partial charge in [0.25, 0.3) is 5.91 Å². The van der Waals surface area contributed by atoms with Crippen molar-refractivity contribution in [2.45, 2.75) is 26.8 Å². The largest absolute Gasteiger partial charge is 0.321 e. The van der Waals surface area contributed by atoms with Gasteiger partial charge in [-0.15, -0.1) is 0 Å². The SMILES string of the molecule is CCc1cc(C(=O)Nc2cccc(Br)c2)n(CC)n1. The molecule has 1 aromatic carbocycles. The molecular formula is C14H16BrN3O. The smallest absolute Gasteiger partial charge is 0.273 e. The Labute approximate surface area is 120 Å². The zero-order chi connectivity index (χ0) is 13.8.